The lowest BCUT2D eigenvalue weighted by molar-refractivity contribution is 0.229. The molecule has 3 aromatic heterocycles. The van der Waals surface area contributed by atoms with Crippen molar-refractivity contribution in [2.45, 2.75) is 45.2 Å². The Hall–Kier alpha value is -2.18. The van der Waals surface area contributed by atoms with Crippen LogP contribution in [0.5, 0.6) is 0 Å². The molecular formula is C20H25ClN6. The van der Waals surface area contributed by atoms with E-state index in [4.69, 9.17) is 16.6 Å². The lowest BCUT2D eigenvalue weighted by Crippen LogP contribution is -2.45. The molecule has 1 saturated heterocycles. The molecule has 2 N–H and O–H groups in total. The van der Waals surface area contributed by atoms with Crippen LogP contribution in [-0.2, 0) is 0 Å². The van der Waals surface area contributed by atoms with E-state index in [9.17, 15) is 0 Å². The van der Waals surface area contributed by atoms with Gasteiger partial charge >= 0.3 is 0 Å². The third-order valence-electron chi connectivity index (χ3n) is 5.15. The van der Waals surface area contributed by atoms with Crippen molar-refractivity contribution in [1.29, 1.82) is 0 Å². The number of pyridine rings is 1. The minimum atomic E-state index is -0.0880. The van der Waals surface area contributed by atoms with Gasteiger partial charge in [-0.25, -0.2) is 15.0 Å². The lowest BCUT2D eigenvalue weighted by Gasteiger charge is -2.33. The number of anilines is 1. The zero-order valence-electron chi connectivity index (χ0n) is 16.0. The Balaban J connectivity index is 1.57. The van der Waals surface area contributed by atoms with Gasteiger partial charge < -0.3 is 10.3 Å². The maximum atomic E-state index is 6.11. The minimum absolute atomic E-state index is 0.0880. The normalized spacial score (nSPS) is 18.3. The average Bonchev–Trinajstić information content (AvgIpc) is 3.20. The molecule has 1 aliphatic heterocycles. The largest absolute Gasteiger partial charge is 0.364 e. The molecule has 0 bridgehead atoms. The van der Waals surface area contributed by atoms with Crippen LogP contribution in [0.4, 0.5) is 5.82 Å². The molecule has 0 spiro atoms. The molecule has 0 amide bonds. The molecule has 4 rings (SSSR count). The number of likely N-dealkylation sites (tertiary alicyclic amines) is 1. The van der Waals surface area contributed by atoms with Gasteiger partial charge in [0.05, 0.1) is 5.02 Å². The number of nitrogens with zero attached hydrogens (tertiary/aromatic N) is 4. The molecule has 6 nitrogen and oxygen atoms in total. The average molecular weight is 385 g/mol. The summed E-state index contributed by atoms with van der Waals surface area (Å²) in [6.07, 6.45) is 7.86. The molecule has 0 saturated carbocycles. The molecule has 1 aliphatic rings. The maximum absolute atomic E-state index is 6.11. The van der Waals surface area contributed by atoms with Crippen LogP contribution in [0, 0.1) is 0 Å². The van der Waals surface area contributed by atoms with Crippen LogP contribution in [0.25, 0.3) is 22.4 Å². The third kappa shape index (κ3) is 3.92. The Morgan fingerprint density at radius 3 is 3.00 bits per heavy atom. The Kier molecular flexibility index (Phi) is 4.78. The number of H-pyrrole nitrogens is 1. The van der Waals surface area contributed by atoms with E-state index >= 15 is 0 Å². The van der Waals surface area contributed by atoms with E-state index in [0.717, 1.165) is 29.0 Å². The van der Waals surface area contributed by atoms with Gasteiger partial charge in [-0.1, -0.05) is 11.6 Å². The first-order valence-electron chi connectivity index (χ1n) is 9.39. The fourth-order valence-electron chi connectivity index (χ4n) is 3.84. The van der Waals surface area contributed by atoms with Crippen LogP contribution in [0.3, 0.4) is 0 Å². The summed E-state index contributed by atoms with van der Waals surface area (Å²) in [5.41, 5.74) is 1.59. The Bertz CT molecular complexity index is 951. The molecule has 0 aromatic carbocycles. The highest BCUT2D eigenvalue weighted by molar-refractivity contribution is 6.31. The Morgan fingerprint density at radius 2 is 2.22 bits per heavy atom. The summed E-state index contributed by atoms with van der Waals surface area (Å²) in [6.45, 7) is 8.90. The number of hydrogen-bond acceptors (Lipinski definition) is 5. The topological polar surface area (TPSA) is 69.7 Å². The van der Waals surface area contributed by atoms with Crippen LogP contribution >= 0.6 is 11.6 Å². The lowest BCUT2D eigenvalue weighted by atomic mass is 10.0. The van der Waals surface area contributed by atoms with E-state index in [1.165, 1.54) is 19.4 Å². The van der Waals surface area contributed by atoms with Gasteiger partial charge in [0.25, 0.3) is 0 Å². The smallest absolute Gasteiger partial charge is 0.163 e. The van der Waals surface area contributed by atoms with Crippen LogP contribution in [-0.4, -0.2) is 49.5 Å². The summed E-state index contributed by atoms with van der Waals surface area (Å²) < 4.78 is 0. The van der Waals surface area contributed by atoms with Crippen molar-refractivity contribution in [1.82, 2.24) is 24.8 Å². The quantitative estimate of drug-likeness (QED) is 0.684. The van der Waals surface area contributed by atoms with E-state index in [-0.39, 0.29) is 5.54 Å². The van der Waals surface area contributed by atoms with Crippen molar-refractivity contribution >= 4 is 28.5 Å². The van der Waals surface area contributed by atoms with E-state index in [1.807, 2.05) is 18.3 Å². The first-order valence-corrected chi connectivity index (χ1v) is 9.77. The monoisotopic (exact) mass is 384 g/mol. The Morgan fingerprint density at radius 1 is 1.37 bits per heavy atom. The highest BCUT2D eigenvalue weighted by Crippen LogP contribution is 2.28. The Labute approximate surface area is 164 Å². The van der Waals surface area contributed by atoms with Gasteiger partial charge in [0.1, 0.15) is 11.5 Å². The van der Waals surface area contributed by atoms with Gasteiger partial charge in [-0.2, -0.15) is 0 Å². The van der Waals surface area contributed by atoms with Crippen molar-refractivity contribution in [2.24, 2.45) is 0 Å². The minimum Gasteiger partial charge on any atom is -0.364 e. The first kappa shape index (κ1) is 18.2. The van der Waals surface area contributed by atoms with Crippen LogP contribution in [0.1, 0.15) is 33.6 Å². The van der Waals surface area contributed by atoms with Crippen molar-refractivity contribution in [2.75, 3.05) is 18.4 Å². The van der Waals surface area contributed by atoms with E-state index < -0.39 is 0 Å². The molecule has 0 aliphatic carbocycles. The predicted molar refractivity (Wildman–Crippen MR) is 110 cm³/mol. The number of aromatic nitrogens is 4. The summed E-state index contributed by atoms with van der Waals surface area (Å²) in [5.74, 6) is 1.47. The molecule has 3 aromatic rings. The number of aromatic amines is 1. The molecule has 27 heavy (non-hydrogen) atoms. The van der Waals surface area contributed by atoms with Crippen molar-refractivity contribution in [3.05, 3.63) is 35.7 Å². The van der Waals surface area contributed by atoms with Gasteiger partial charge in [-0.3, -0.25) is 4.90 Å². The second-order valence-corrected chi connectivity index (χ2v) is 8.42. The molecule has 1 fully saturated rings. The summed E-state index contributed by atoms with van der Waals surface area (Å²) in [7, 11) is 0. The highest BCUT2D eigenvalue weighted by Gasteiger charge is 2.28. The molecule has 142 valence electrons. The van der Waals surface area contributed by atoms with Crippen molar-refractivity contribution in [3.63, 3.8) is 0 Å². The van der Waals surface area contributed by atoms with Gasteiger partial charge in [0, 0.05) is 47.7 Å². The fraction of sp³-hybridized carbons (Fsp3) is 0.450. The highest BCUT2D eigenvalue weighted by atomic mass is 35.5. The predicted octanol–water partition coefficient (Wildman–Crippen LogP) is 4.35. The van der Waals surface area contributed by atoms with E-state index in [1.54, 1.807) is 12.4 Å². The number of fused-ring (bicyclic) bond motifs is 1. The van der Waals surface area contributed by atoms with Crippen LogP contribution in [0.2, 0.25) is 5.02 Å². The standard InChI is InChI=1S/C20H25ClN6/c1-13-5-4-8-27(13)12-20(2,3)26-17-6-7-22-19(25-17)16-11-24-18-15(16)9-14(21)10-23-18/h6-7,9-11,13H,4-5,8,12H2,1-3H3,(H,23,24)(H,22,25,26). The second-order valence-electron chi connectivity index (χ2n) is 7.99. The number of halogens is 1. The molecule has 0 radical (unpaired) electrons. The number of hydrogen-bond donors (Lipinski definition) is 2. The summed E-state index contributed by atoms with van der Waals surface area (Å²) in [6, 6.07) is 4.45. The third-order valence-corrected chi connectivity index (χ3v) is 5.36. The summed E-state index contributed by atoms with van der Waals surface area (Å²) in [5, 5.41) is 5.10. The number of rotatable bonds is 5. The molecule has 7 heteroatoms. The van der Waals surface area contributed by atoms with Gasteiger partial charge in [-0.15, -0.1) is 0 Å². The summed E-state index contributed by atoms with van der Waals surface area (Å²) in [4.78, 5) is 19.2. The zero-order valence-corrected chi connectivity index (χ0v) is 16.7. The summed E-state index contributed by atoms with van der Waals surface area (Å²) >= 11 is 6.11. The first-order chi connectivity index (χ1) is 12.9. The van der Waals surface area contributed by atoms with Gasteiger partial charge in [0.2, 0.25) is 0 Å². The van der Waals surface area contributed by atoms with Crippen LogP contribution < -0.4 is 5.32 Å². The van der Waals surface area contributed by atoms with E-state index in [0.29, 0.717) is 16.9 Å². The molecule has 4 heterocycles. The van der Waals surface area contributed by atoms with Crippen LogP contribution in [0.15, 0.2) is 30.7 Å². The van der Waals surface area contributed by atoms with Crippen molar-refractivity contribution < 1.29 is 0 Å². The maximum Gasteiger partial charge on any atom is 0.163 e. The van der Waals surface area contributed by atoms with Gasteiger partial charge in [-0.05, 0) is 52.3 Å². The molecule has 1 unspecified atom stereocenters. The van der Waals surface area contributed by atoms with Crippen molar-refractivity contribution in [3.8, 4) is 11.4 Å². The zero-order chi connectivity index (χ0) is 19.0. The molecule has 1 atom stereocenters. The number of nitrogens with one attached hydrogen (secondary N) is 2. The van der Waals surface area contributed by atoms with E-state index in [2.05, 4.69) is 45.9 Å². The molecular weight excluding hydrogens is 360 g/mol. The van der Waals surface area contributed by atoms with Gasteiger partial charge in [0.15, 0.2) is 5.82 Å². The SMILES string of the molecule is CC1CCCN1CC(C)(C)Nc1ccnc(-c2c[nH]c3ncc(Cl)cc23)n1. The second kappa shape index (κ2) is 7.09. The fourth-order valence-corrected chi connectivity index (χ4v) is 4.00.